The van der Waals surface area contributed by atoms with Gasteiger partial charge in [-0.05, 0) is 31.7 Å². The van der Waals surface area contributed by atoms with Crippen LogP contribution in [-0.4, -0.2) is 28.0 Å². The Morgan fingerprint density at radius 1 is 1.53 bits per heavy atom. The van der Waals surface area contributed by atoms with Gasteiger partial charge in [-0.2, -0.15) is 5.10 Å². The molecule has 0 fully saturated rings. The normalized spacial score (nSPS) is 12.9. The van der Waals surface area contributed by atoms with Gasteiger partial charge >= 0.3 is 0 Å². The number of aryl methyl sites for hydroxylation is 2. The van der Waals surface area contributed by atoms with Gasteiger partial charge in [0.1, 0.15) is 0 Å². The fourth-order valence-corrected chi connectivity index (χ4v) is 1.92. The lowest BCUT2D eigenvalue weighted by Gasteiger charge is -2.08. The molecule has 0 spiro atoms. The molecule has 0 bridgehead atoms. The molecule has 1 aromatic rings. The van der Waals surface area contributed by atoms with Crippen LogP contribution in [-0.2, 0) is 20.0 Å². The van der Waals surface area contributed by atoms with Crippen molar-refractivity contribution in [1.82, 2.24) is 15.1 Å². The molecule has 0 saturated heterocycles. The van der Waals surface area contributed by atoms with Crippen LogP contribution < -0.4 is 5.32 Å². The molecule has 0 aromatic carbocycles. The molecule has 1 aromatic heterocycles. The second kappa shape index (κ2) is 7.45. The highest BCUT2D eigenvalue weighted by atomic mass is 16.3. The van der Waals surface area contributed by atoms with Crippen LogP contribution in [0, 0.1) is 5.92 Å². The summed E-state index contributed by atoms with van der Waals surface area (Å²) < 4.78 is 1.88. The van der Waals surface area contributed by atoms with E-state index in [1.807, 2.05) is 11.7 Å². The zero-order chi connectivity index (χ0) is 12.7. The van der Waals surface area contributed by atoms with Crippen molar-refractivity contribution in [3.63, 3.8) is 0 Å². The van der Waals surface area contributed by atoms with Crippen LogP contribution in [0.15, 0.2) is 6.20 Å². The minimum atomic E-state index is 0.294. The molecule has 4 heteroatoms. The Morgan fingerprint density at radius 2 is 2.29 bits per heavy atom. The van der Waals surface area contributed by atoms with Crippen molar-refractivity contribution in [2.45, 2.75) is 39.7 Å². The first-order valence-corrected chi connectivity index (χ1v) is 6.50. The second-order valence-corrected chi connectivity index (χ2v) is 4.74. The van der Waals surface area contributed by atoms with Crippen LogP contribution in [0.2, 0.25) is 0 Å². The SMILES string of the molecule is CCc1nn(C)cc1CNCCCC(C)CO. The van der Waals surface area contributed by atoms with E-state index in [2.05, 4.69) is 30.5 Å². The smallest absolute Gasteiger partial charge is 0.0666 e. The number of hydrogen-bond donors (Lipinski definition) is 2. The van der Waals surface area contributed by atoms with E-state index < -0.39 is 0 Å². The summed E-state index contributed by atoms with van der Waals surface area (Å²) in [6.07, 6.45) is 5.27. The maximum atomic E-state index is 8.91. The average molecular weight is 239 g/mol. The molecule has 0 aliphatic heterocycles. The highest BCUT2D eigenvalue weighted by molar-refractivity contribution is 5.16. The fourth-order valence-electron chi connectivity index (χ4n) is 1.92. The summed E-state index contributed by atoms with van der Waals surface area (Å²) in [5.74, 6) is 0.418. The van der Waals surface area contributed by atoms with Gasteiger partial charge in [0.05, 0.1) is 5.69 Å². The third kappa shape index (κ3) is 4.88. The standard InChI is InChI=1S/C13H25N3O/c1-4-13-12(9-16(3)15-13)8-14-7-5-6-11(2)10-17/h9,11,14,17H,4-8,10H2,1-3H3. The van der Waals surface area contributed by atoms with Gasteiger partial charge in [-0.3, -0.25) is 4.68 Å². The number of nitrogens with one attached hydrogen (secondary N) is 1. The quantitative estimate of drug-likeness (QED) is 0.676. The highest BCUT2D eigenvalue weighted by Crippen LogP contribution is 2.07. The molecule has 0 radical (unpaired) electrons. The summed E-state index contributed by atoms with van der Waals surface area (Å²) in [5.41, 5.74) is 2.48. The molecular weight excluding hydrogens is 214 g/mol. The minimum Gasteiger partial charge on any atom is -0.396 e. The first-order valence-electron chi connectivity index (χ1n) is 6.50. The monoisotopic (exact) mass is 239 g/mol. The van der Waals surface area contributed by atoms with E-state index in [1.54, 1.807) is 0 Å². The Morgan fingerprint density at radius 3 is 2.94 bits per heavy atom. The van der Waals surface area contributed by atoms with E-state index in [-0.39, 0.29) is 0 Å². The number of rotatable bonds is 8. The molecule has 1 rings (SSSR count). The van der Waals surface area contributed by atoms with E-state index in [0.29, 0.717) is 12.5 Å². The molecule has 1 heterocycles. The van der Waals surface area contributed by atoms with Gasteiger partial charge in [0.2, 0.25) is 0 Å². The minimum absolute atomic E-state index is 0.294. The second-order valence-electron chi connectivity index (χ2n) is 4.74. The number of aliphatic hydroxyl groups excluding tert-OH is 1. The average Bonchev–Trinajstić information content (AvgIpc) is 2.69. The summed E-state index contributed by atoms with van der Waals surface area (Å²) in [4.78, 5) is 0. The Kier molecular flexibility index (Phi) is 6.22. The number of nitrogens with zero attached hydrogens (tertiary/aromatic N) is 2. The third-order valence-corrected chi connectivity index (χ3v) is 3.00. The van der Waals surface area contributed by atoms with Gasteiger partial charge in [-0.15, -0.1) is 0 Å². The zero-order valence-corrected chi connectivity index (χ0v) is 11.2. The van der Waals surface area contributed by atoms with Crippen LogP contribution in [0.25, 0.3) is 0 Å². The first-order chi connectivity index (χ1) is 8.17. The van der Waals surface area contributed by atoms with E-state index >= 15 is 0 Å². The van der Waals surface area contributed by atoms with Gasteiger partial charge in [-0.1, -0.05) is 13.8 Å². The van der Waals surface area contributed by atoms with E-state index in [4.69, 9.17) is 5.11 Å². The molecule has 0 aliphatic rings. The van der Waals surface area contributed by atoms with E-state index in [9.17, 15) is 0 Å². The maximum Gasteiger partial charge on any atom is 0.0666 e. The summed E-state index contributed by atoms with van der Waals surface area (Å²) >= 11 is 0. The molecule has 4 nitrogen and oxygen atoms in total. The lowest BCUT2D eigenvalue weighted by Crippen LogP contribution is -2.16. The summed E-state index contributed by atoms with van der Waals surface area (Å²) in [6.45, 7) is 6.40. The number of aliphatic hydroxyl groups is 1. The summed E-state index contributed by atoms with van der Waals surface area (Å²) in [7, 11) is 1.96. The Hall–Kier alpha value is -0.870. The van der Waals surface area contributed by atoms with E-state index in [0.717, 1.165) is 32.4 Å². The lowest BCUT2D eigenvalue weighted by molar-refractivity contribution is 0.228. The van der Waals surface area contributed by atoms with Crippen molar-refractivity contribution >= 4 is 0 Å². The van der Waals surface area contributed by atoms with Crippen LogP contribution in [0.5, 0.6) is 0 Å². The van der Waals surface area contributed by atoms with Crippen molar-refractivity contribution in [3.05, 3.63) is 17.5 Å². The zero-order valence-electron chi connectivity index (χ0n) is 11.2. The largest absolute Gasteiger partial charge is 0.396 e. The molecule has 0 aliphatic carbocycles. The van der Waals surface area contributed by atoms with Gasteiger partial charge in [-0.25, -0.2) is 0 Å². The highest BCUT2D eigenvalue weighted by Gasteiger charge is 2.05. The molecule has 2 N–H and O–H groups in total. The molecule has 1 unspecified atom stereocenters. The van der Waals surface area contributed by atoms with Crippen molar-refractivity contribution in [1.29, 1.82) is 0 Å². The predicted octanol–water partition coefficient (Wildman–Crippen LogP) is 1.48. The third-order valence-electron chi connectivity index (χ3n) is 3.00. The molecule has 0 saturated carbocycles. The molecule has 0 amide bonds. The van der Waals surface area contributed by atoms with Gasteiger partial charge in [0, 0.05) is 32.0 Å². The molecule has 98 valence electrons. The van der Waals surface area contributed by atoms with Crippen molar-refractivity contribution in [2.75, 3.05) is 13.2 Å². The van der Waals surface area contributed by atoms with Gasteiger partial charge in [0.15, 0.2) is 0 Å². The number of aromatic nitrogens is 2. The first kappa shape index (κ1) is 14.2. The Bertz CT molecular complexity index is 322. The Labute approximate surface area is 104 Å². The van der Waals surface area contributed by atoms with Crippen LogP contribution in [0.4, 0.5) is 0 Å². The topological polar surface area (TPSA) is 50.1 Å². The lowest BCUT2D eigenvalue weighted by atomic mass is 10.1. The van der Waals surface area contributed by atoms with Gasteiger partial charge in [0.25, 0.3) is 0 Å². The van der Waals surface area contributed by atoms with Crippen LogP contribution >= 0.6 is 0 Å². The molecule has 17 heavy (non-hydrogen) atoms. The summed E-state index contributed by atoms with van der Waals surface area (Å²) in [6, 6.07) is 0. The molecular formula is C13H25N3O. The van der Waals surface area contributed by atoms with Crippen molar-refractivity contribution in [2.24, 2.45) is 13.0 Å². The number of hydrogen-bond acceptors (Lipinski definition) is 3. The van der Waals surface area contributed by atoms with Crippen LogP contribution in [0.1, 0.15) is 37.9 Å². The van der Waals surface area contributed by atoms with E-state index in [1.165, 1.54) is 11.3 Å². The predicted molar refractivity (Wildman–Crippen MR) is 69.8 cm³/mol. The van der Waals surface area contributed by atoms with Crippen molar-refractivity contribution in [3.8, 4) is 0 Å². The Balaban J connectivity index is 2.21. The van der Waals surface area contributed by atoms with Gasteiger partial charge < -0.3 is 10.4 Å². The maximum absolute atomic E-state index is 8.91. The summed E-state index contributed by atoms with van der Waals surface area (Å²) in [5, 5.41) is 16.8. The molecule has 1 atom stereocenters. The fraction of sp³-hybridized carbons (Fsp3) is 0.769. The van der Waals surface area contributed by atoms with Crippen molar-refractivity contribution < 1.29 is 5.11 Å². The van der Waals surface area contributed by atoms with Crippen LogP contribution in [0.3, 0.4) is 0 Å².